The number of nitrogens with zero attached hydrogens (tertiary/aromatic N) is 2. The summed E-state index contributed by atoms with van der Waals surface area (Å²) in [6, 6.07) is 5.99. The third-order valence-electron chi connectivity index (χ3n) is 4.86. The Bertz CT molecular complexity index is 952. The molecule has 1 fully saturated rings. The van der Waals surface area contributed by atoms with Gasteiger partial charge in [0.2, 0.25) is 5.75 Å². The molecule has 3 rings (SSSR count). The molecule has 2 aromatic rings. The number of nitrogens with one attached hydrogen (secondary N) is 1. The Kier molecular flexibility index (Phi) is 9.11. The Hall–Kier alpha value is -3.31. The van der Waals surface area contributed by atoms with Crippen LogP contribution in [-0.2, 0) is 9.57 Å². The SMILES string of the molecule is COc1c(OC2CCN(OC(=O)OC(C)C)CC2)ccnc1Nc1ccc(OCCO)cc1F. The number of hydrogen-bond acceptors (Lipinski definition) is 10. The summed E-state index contributed by atoms with van der Waals surface area (Å²) in [6.07, 6.45) is 1.67. The van der Waals surface area contributed by atoms with Crippen molar-refractivity contribution in [3.63, 3.8) is 0 Å². The molecule has 0 aliphatic carbocycles. The Morgan fingerprint density at radius 2 is 2.06 bits per heavy atom. The maximum absolute atomic E-state index is 14.5. The lowest BCUT2D eigenvalue weighted by Gasteiger charge is -2.30. The minimum Gasteiger partial charge on any atom is -0.491 e. The van der Waals surface area contributed by atoms with Crippen LogP contribution in [0.5, 0.6) is 17.2 Å². The zero-order valence-electron chi connectivity index (χ0n) is 19.5. The summed E-state index contributed by atoms with van der Waals surface area (Å²) in [4.78, 5) is 21.1. The van der Waals surface area contributed by atoms with Gasteiger partial charge in [-0.3, -0.25) is 0 Å². The first-order valence-electron chi connectivity index (χ1n) is 11.0. The van der Waals surface area contributed by atoms with Crippen LogP contribution >= 0.6 is 0 Å². The topological polar surface area (TPSA) is 112 Å². The van der Waals surface area contributed by atoms with E-state index >= 15 is 0 Å². The zero-order chi connectivity index (χ0) is 24.5. The number of benzene rings is 1. The van der Waals surface area contributed by atoms with E-state index < -0.39 is 12.0 Å². The molecule has 2 heterocycles. The molecule has 1 aliphatic heterocycles. The minimum absolute atomic E-state index is 0.0774. The lowest BCUT2D eigenvalue weighted by atomic mass is 10.1. The highest BCUT2D eigenvalue weighted by Crippen LogP contribution is 2.37. The van der Waals surface area contributed by atoms with E-state index in [1.807, 2.05) is 0 Å². The van der Waals surface area contributed by atoms with E-state index in [9.17, 15) is 9.18 Å². The molecule has 10 nitrogen and oxygen atoms in total. The summed E-state index contributed by atoms with van der Waals surface area (Å²) >= 11 is 0. The number of aromatic nitrogens is 1. The number of carbonyl (C=O) groups excluding carboxylic acids is 1. The van der Waals surface area contributed by atoms with Gasteiger partial charge >= 0.3 is 6.16 Å². The predicted molar refractivity (Wildman–Crippen MR) is 121 cm³/mol. The van der Waals surface area contributed by atoms with Crippen LogP contribution in [0.1, 0.15) is 26.7 Å². The number of pyridine rings is 1. The van der Waals surface area contributed by atoms with Crippen molar-refractivity contribution in [1.29, 1.82) is 0 Å². The van der Waals surface area contributed by atoms with Crippen LogP contribution in [0, 0.1) is 5.82 Å². The van der Waals surface area contributed by atoms with Gasteiger partial charge in [-0.15, -0.1) is 5.06 Å². The molecule has 0 bridgehead atoms. The molecule has 0 amide bonds. The average molecular weight is 480 g/mol. The van der Waals surface area contributed by atoms with Crippen LogP contribution in [0.3, 0.4) is 0 Å². The minimum atomic E-state index is -0.721. The van der Waals surface area contributed by atoms with E-state index in [1.165, 1.54) is 25.4 Å². The van der Waals surface area contributed by atoms with Crippen molar-refractivity contribution in [2.24, 2.45) is 0 Å². The molecular weight excluding hydrogens is 449 g/mol. The third-order valence-corrected chi connectivity index (χ3v) is 4.86. The lowest BCUT2D eigenvalue weighted by Crippen LogP contribution is -2.39. The number of hydroxylamine groups is 2. The highest BCUT2D eigenvalue weighted by Gasteiger charge is 2.25. The molecule has 186 valence electrons. The Labute approximate surface area is 197 Å². The maximum Gasteiger partial charge on any atom is 0.528 e. The molecule has 0 unspecified atom stereocenters. The fraction of sp³-hybridized carbons (Fsp3) is 0.478. The number of ether oxygens (including phenoxy) is 4. The van der Waals surface area contributed by atoms with Crippen molar-refractivity contribution in [2.45, 2.75) is 38.9 Å². The van der Waals surface area contributed by atoms with Crippen LogP contribution in [0.2, 0.25) is 0 Å². The number of aliphatic hydroxyl groups is 1. The molecule has 0 atom stereocenters. The molecular formula is C23H30FN3O7. The first-order valence-corrected chi connectivity index (χ1v) is 11.0. The largest absolute Gasteiger partial charge is 0.528 e. The summed E-state index contributed by atoms with van der Waals surface area (Å²) in [5, 5.41) is 13.3. The number of aliphatic hydroxyl groups excluding tert-OH is 1. The van der Waals surface area contributed by atoms with Crippen molar-refractivity contribution in [3.05, 3.63) is 36.3 Å². The first-order chi connectivity index (χ1) is 16.4. The van der Waals surface area contributed by atoms with E-state index in [1.54, 1.807) is 31.0 Å². The van der Waals surface area contributed by atoms with Crippen molar-refractivity contribution in [3.8, 4) is 17.2 Å². The number of anilines is 2. The summed E-state index contributed by atoms with van der Waals surface area (Å²) in [7, 11) is 1.48. The van der Waals surface area contributed by atoms with Gasteiger partial charge in [0.15, 0.2) is 11.6 Å². The van der Waals surface area contributed by atoms with Gasteiger partial charge in [0.05, 0.1) is 25.5 Å². The summed E-state index contributed by atoms with van der Waals surface area (Å²) < 4.78 is 36.3. The van der Waals surface area contributed by atoms with Crippen LogP contribution in [0.4, 0.5) is 20.7 Å². The zero-order valence-corrected chi connectivity index (χ0v) is 19.5. The van der Waals surface area contributed by atoms with Gasteiger partial charge in [-0.05, 0) is 26.0 Å². The maximum atomic E-state index is 14.5. The molecule has 0 radical (unpaired) electrons. The first kappa shape index (κ1) is 25.3. The third kappa shape index (κ3) is 7.09. The number of hydrogen-bond donors (Lipinski definition) is 2. The molecule has 1 aliphatic rings. The molecule has 1 saturated heterocycles. The number of rotatable bonds is 10. The molecule has 0 spiro atoms. The fourth-order valence-electron chi connectivity index (χ4n) is 3.33. The normalized spacial score (nSPS) is 14.5. The molecule has 1 aromatic carbocycles. The summed E-state index contributed by atoms with van der Waals surface area (Å²) in [6.45, 7) is 4.41. The second-order valence-electron chi connectivity index (χ2n) is 7.78. The van der Waals surface area contributed by atoms with Gasteiger partial charge in [0.1, 0.15) is 24.3 Å². The van der Waals surface area contributed by atoms with E-state index in [0.29, 0.717) is 49.0 Å². The van der Waals surface area contributed by atoms with Crippen molar-refractivity contribution in [1.82, 2.24) is 10.0 Å². The highest BCUT2D eigenvalue weighted by molar-refractivity contribution is 5.67. The quantitative estimate of drug-likeness (QED) is 0.490. The Morgan fingerprint density at radius 1 is 1.29 bits per heavy atom. The van der Waals surface area contributed by atoms with Gasteiger partial charge in [0, 0.05) is 44.3 Å². The number of carbonyl (C=O) groups is 1. The van der Waals surface area contributed by atoms with Crippen molar-refractivity contribution < 1.29 is 38.1 Å². The van der Waals surface area contributed by atoms with E-state index in [-0.39, 0.29) is 31.1 Å². The van der Waals surface area contributed by atoms with Crippen LogP contribution in [0.25, 0.3) is 0 Å². The standard InChI is InChI=1S/C23H30FN3O7/c1-15(2)32-23(29)34-27-10-7-16(8-11-27)33-20-6-9-25-22(21(20)30-3)26-19-5-4-17(14-18(19)24)31-13-12-28/h4-6,9,14-16,28H,7-8,10-13H2,1-3H3,(H,25,26). The van der Waals surface area contributed by atoms with Crippen LogP contribution < -0.4 is 19.5 Å². The molecule has 1 aromatic heterocycles. The Balaban J connectivity index is 1.62. The molecule has 34 heavy (non-hydrogen) atoms. The van der Waals surface area contributed by atoms with E-state index in [0.717, 1.165) is 0 Å². The average Bonchev–Trinajstić information content (AvgIpc) is 2.80. The van der Waals surface area contributed by atoms with Gasteiger partial charge < -0.3 is 34.2 Å². The van der Waals surface area contributed by atoms with Gasteiger partial charge in [-0.25, -0.2) is 14.2 Å². The second kappa shape index (κ2) is 12.2. The molecule has 11 heteroatoms. The highest BCUT2D eigenvalue weighted by atomic mass is 19.1. The smallest absolute Gasteiger partial charge is 0.491 e. The van der Waals surface area contributed by atoms with Gasteiger partial charge in [0.25, 0.3) is 0 Å². The fourth-order valence-corrected chi connectivity index (χ4v) is 3.33. The number of methoxy groups -OCH3 is 1. The number of piperidine rings is 1. The van der Waals surface area contributed by atoms with Crippen LogP contribution in [-0.4, -0.2) is 66.9 Å². The Morgan fingerprint density at radius 3 is 2.71 bits per heavy atom. The van der Waals surface area contributed by atoms with Crippen LogP contribution in [0.15, 0.2) is 30.5 Å². The van der Waals surface area contributed by atoms with E-state index in [2.05, 4.69) is 10.3 Å². The molecule has 0 saturated carbocycles. The predicted octanol–water partition coefficient (Wildman–Crippen LogP) is 3.66. The molecule has 2 N–H and O–H groups in total. The number of halogens is 1. The lowest BCUT2D eigenvalue weighted by molar-refractivity contribution is -0.151. The van der Waals surface area contributed by atoms with Gasteiger partial charge in [-0.2, -0.15) is 0 Å². The monoisotopic (exact) mass is 479 g/mol. The van der Waals surface area contributed by atoms with E-state index in [4.69, 9.17) is 28.9 Å². The van der Waals surface area contributed by atoms with Gasteiger partial charge in [-0.1, -0.05) is 0 Å². The van der Waals surface area contributed by atoms with Crippen molar-refractivity contribution in [2.75, 3.05) is 38.7 Å². The summed E-state index contributed by atoms with van der Waals surface area (Å²) in [5.74, 6) is 0.847. The summed E-state index contributed by atoms with van der Waals surface area (Å²) in [5.41, 5.74) is 0.179. The van der Waals surface area contributed by atoms with Crippen molar-refractivity contribution >= 4 is 17.7 Å². The second-order valence-corrected chi connectivity index (χ2v) is 7.78.